The number of carbonyl (C=O) groups excluding carboxylic acids is 1. The first-order valence-corrected chi connectivity index (χ1v) is 6.84. The zero-order valence-electron chi connectivity index (χ0n) is 9.78. The molecule has 0 aliphatic rings. The molecule has 0 radical (unpaired) electrons. The van der Waals surface area contributed by atoms with Crippen LogP contribution in [0.2, 0.25) is 5.02 Å². The van der Waals surface area contributed by atoms with Crippen molar-refractivity contribution >= 4 is 55.0 Å². The first-order chi connectivity index (χ1) is 9.04. The van der Waals surface area contributed by atoms with Gasteiger partial charge in [0, 0.05) is 15.1 Å². The highest BCUT2D eigenvalue weighted by atomic mass is 79.9. The summed E-state index contributed by atoms with van der Waals surface area (Å²) in [5, 5.41) is 4.38. The van der Waals surface area contributed by atoms with Gasteiger partial charge in [0.15, 0.2) is 0 Å². The summed E-state index contributed by atoms with van der Waals surface area (Å²) >= 11 is 9.48. The molecule has 2 N–H and O–H groups in total. The van der Waals surface area contributed by atoms with E-state index in [-0.39, 0.29) is 0 Å². The molecular formula is C15H9BrClNO. The van der Waals surface area contributed by atoms with Gasteiger partial charge in [-0.25, -0.2) is 0 Å². The maximum absolute atomic E-state index is 11.5. The van der Waals surface area contributed by atoms with Crippen LogP contribution in [0.5, 0.6) is 0 Å². The minimum absolute atomic E-state index is 0.451. The average Bonchev–Trinajstić information content (AvgIpc) is 2.35. The van der Waals surface area contributed by atoms with Gasteiger partial charge in [0.05, 0.1) is 0 Å². The van der Waals surface area contributed by atoms with E-state index in [9.17, 15) is 4.79 Å². The van der Waals surface area contributed by atoms with Crippen LogP contribution in [0.15, 0.2) is 46.9 Å². The smallest absolute Gasteiger partial charge is 0.249 e. The number of hydrogen-bond donors (Lipinski definition) is 1. The zero-order valence-corrected chi connectivity index (χ0v) is 12.1. The predicted octanol–water partition coefficient (Wildman–Crippen LogP) is 4.51. The van der Waals surface area contributed by atoms with E-state index in [1.807, 2.05) is 36.4 Å². The predicted molar refractivity (Wildman–Crippen MR) is 82.7 cm³/mol. The second-order valence-corrected chi connectivity index (χ2v) is 5.73. The van der Waals surface area contributed by atoms with Crippen LogP contribution in [0.1, 0.15) is 10.4 Å². The first-order valence-electron chi connectivity index (χ1n) is 5.67. The summed E-state index contributed by atoms with van der Waals surface area (Å²) in [5.41, 5.74) is 5.86. The molecule has 0 aromatic heterocycles. The van der Waals surface area contributed by atoms with Crippen molar-refractivity contribution in [3.8, 4) is 0 Å². The number of primary amides is 1. The Labute approximate surface area is 123 Å². The molecule has 0 heterocycles. The van der Waals surface area contributed by atoms with E-state index < -0.39 is 5.91 Å². The molecule has 4 heteroatoms. The standard InChI is InChI=1S/C15H9BrClNO/c16-11-2-1-8-6-13-10(3-9(8)4-11)5-12(17)7-14(13)15(18)19/h1-7H,(H2,18,19). The molecule has 94 valence electrons. The lowest BCUT2D eigenvalue weighted by Crippen LogP contribution is -2.11. The minimum atomic E-state index is -0.469. The Kier molecular flexibility index (Phi) is 2.96. The summed E-state index contributed by atoms with van der Waals surface area (Å²) in [5.74, 6) is -0.469. The highest BCUT2D eigenvalue weighted by Gasteiger charge is 2.09. The molecule has 0 fully saturated rings. The van der Waals surface area contributed by atoms with Crippen molar-refractivity contribution in [1.29, 1.82) is 0 Å². The van der Waals surface area contributed by atoms with Gasteiger partial charge < -0.3 is 5.73 Å². The van der Waals surface area contributed by atoms with E-state index in [1.165, 1.54) is 0 Å². The molecule has 2 nitrogen and oxygen atoms in total. The van der Waals surface area contributed by atoms with Gasteiger partial charge in [-0.2, -0.15) is 0 Å². The third-order valence-corrected chi connectivity index (χ3v) is 3.81. The molecule has 3 rings (SSSR count). The quantitative estimate of drug-likeness (QED) is 0.654. The maximum atomic E-state index is 11.5. The first kappa shape index (κ1) is 12.5. The van der Waals surface area contributed by atoms with Crippen LogP contribution in [-0.2, 0) is 0 Å². The SMILES string of the molecule is NC(=O)c1cc(Cl)cc2cc3cc(Br)ccc3cc12. The fourth-order valence-corrected chi connectivity index (χ4v) is 2.85. The second-order valence-electron chi connectivity index (χ2n) is 4.38. The summed E-state index contributed by atoms with van der Waals surface area (Å²) in [6, 6.07) is 13.4. The van der Waals surface area contributed by atoms with Crippen molar-refractivity contribution in [2.75, 3.05) is 0 Å². The van der Waals surface area contributed by atoms with Gasteiger partial charge in [-0.1, -0.05) is 33.6 Å². The van der Waals surface area contributed by atoms with Crippen LogP contribution in [0.25, 0.3) is 21.5 Å². The van der Waals surface area contributed by atoms with E-state index in [0.717, 1.165) is 26.0 Å². The molecule has 0 atom stereocenters. The van der Waals surface area contributed by atoms with Crippen LogP contribution < -0.4 is 5.73 Å². The summed E-state index contributed by atoms with van der Waals surface area (Å²) in [4.78, 5) is 11.5. The number of hydrogen-bond acceptors (Lipinski definition) is 1. The molecule has 3 aromatic carbocycles. The molecule has 19 heavy (non-hydrogen) atoms. The Hall–Kier alpha value is -1.58. The van der Waals surface area contributed by atoms with Crippen molar-refractivity contribution in [3.63, 3.8) is 0 Å². The fourth-order valence-electron chi connectivity index (χ4n) is 2.25. The largest absolute Gasteiger partial charge is 0.366 e. The lowest BCUT2D eigenvalue weighted by atomic mass is 9.99. The zero-order chi connectivity index (χ0) is 13.6. The van der Waals surface area contributed by atoms with Crippen LogP contribution in [0.4, 0.5) is 0 Å². The molecule has 0 saturated heterocycles. The van der Waals surface area contributed by atoms with Crippen LogP contribution >= 0.6 is 27.5 Å². The summed E-state index contributed by atoms with van der Waals surface area (Å²) in [6.07, 6.45) is 0. The topological polar surface area (TPSA) is 43.1 Å². The second kappa shape index (κ2) is 4.51. The number of benzene rings is 3. The van der Waals surface area contributed by atoms with Crippen LogP contribution in [-0.4, -0.2) is 5.91 Å². The van der Waals surface area contributed by atoms with Gasteiger partial charge in [0.2, 0.25) is 5.91 Å². The summed E-state index contributed by atoms with van der Waals surface area (Å²) in [7, 11) is 0. The number of nitrogens with two attached hydrogens (primary N) is 1. The third kappa shape index (κ3) is 2.20. The molecule has 0 unspecified atom stereocenters. The Morgan fingerprint density at radius 2 is 1.79 bits per heavy atom. The van der Waals surface area contributed by atoms with E-state index in [4.69, 9.17) is 17.3 Å². The third-order valence-electron chi connectivity index (χ3n) is 3.10. The fraction of sp³-hybridized carbons (Fsp3) is 0. The maximum Gasteiger partial charge on any atom is 0.249 e. The van der Waals surface area contributed by atoms with Crippen LogP contribution in [0, 0.1) is 0 Å². The van der Waals surface area contributed by atoms with E-state index in [0.29, 0.717) is 10.6 Å². The number of fused-ring (bicyclic) bond motifs is 2. The molecule has 0 aliphatic carbocycles. The van der Waals surface area contributed by atoms with Crippen molar-refractivity contribution in [1.82, 2.24) is 0 Å². The van der Waals surface area contributed by atoms with Crippen molar-refractivity contribution in [3.05, 3.63) is 57.5 Å². The molecule has 0 saturated carbocycles. The molecule has 0 bridgehead atoms. The lowest BCUT2D eigenvalue weighted by molar-refractivity contribution is 0.100. The minimum Gasteiger partial charge on any atom is -0.366 e. The van der Waals surface area contributed by atoms with Crippen molar-refractivity contribution < 1.29 is 4.79 Å². The molecular weight excluding hydrogens is 326 g/mol. The number of rotatable bonds is 1. The molecule has 3 aromatic rings. The number of halogens is 2. The van der Waals surface area contributed by atoms with E-state index in [2.05, 4.69) is 15.9 Å². The Morgan fingerprint density at radius 1 is 1.00 bits per heavy atom. The summed E-state index contributed by atoms with van der Waals surface area (Å²) < 4.78 is 1.01. The molecule has 1 amide bonds. The molecule has 0 aliphatic heterocycles. The lowest BCUT2D eigenvalue weighted by Gasteiger charge is -2.07. The highest BCUT2D eigenvalue weighted by molar-refractivity contribution is 9.10. The molecule has 0 spiro atoms. The van der Waals surface area contributed by atoms with Gasteiger partial charge in [-0.05, 0) is 57.9 Å². The Morgan fingerprint density at radius 3 is 2.53 bits per heavy atom. The van der Waals surface area contributed by atoms with Gasteiger partial charge in [-0.15, -0.1) is 0 Å². The summed E-state index contributed by atoms with van der Waals surface area (Å²) in [6.45, 7) is 0. The monoisotopic (exact) mass is 333 g/mol. The van der Waals surface area contributed by atoms with Crippen molar-refractivity contribution in [2.24, 2.45) is 5.73 Å². The Bertz CT molecular complexity index is 829. The number of amides is 1. The van der Waals surface area contributed by atoms with Gasteiger partial charge in [0.25, 0.3) is 0 Å². The van der Waals surface area contributed by atoms with E-state index in [1.54, 1.807) is 6.07 Å². The van der Waals surface area contributed by atoms with Gasteiger partial charge in [-0.3, -0.25) is 4.79 Å². The number of carbonyl (C=O) groups is 1. The highest BCUT2D eigenvalue weighted by Crippen LogP contribution is 2.29. The van der Waals surface area contributed by atoms with Gasteiger partial charge in [0.1, 0.15) is 0 Å². The van der Waals surface area contributed by atoms with Gasteiger partial charge >= 0.3 is 0 Å². The van der Waals surface area contributed by atoms with E-state index >= 15 is 0 Å². The van der Waals surface area contributed by atoms with Crippen LogP contribution in [0.3, 0.4) is 0 Å². The Balaban J connectivity index is 2.47. The van der Waals surface area contributed by atoms with Crippen molar-refractivity contribution in [2.45, 2.75) is 0 Å². The average molecular weight is 335 g/mol. The normalized spacial score (nSPS) is 11.1.